The van der Waals surface area contributed by atoms with Gasteiger partial charge in [-0.15, -0.1) is 0 Å². The number of hydrogen-bond acceptors (Lipinski definition) is 4. The van der Waals surface area contributed by atoms with E-state index in [1.807, 2.05) is 0 Å². The second-order valence-electron chi connectivity index (χ2n) is 7.59. The number of carbonyl (C=O) groups is 1. The summed E-state index contributed by atoms with van der Waals surface area (Å²) in [4.78, 5) is 12.1. The fraction of sp³-hybridized carbons (Fsp3) is 0.938. The van der Waals surface area contributed by atoms with Gasteiger partial charge in [-0.1, -0.05) is 0 Å². The van der Waals surface area contributed by atoms with Crippen LogP contribution in [0.4, 0.5) is 0 Å². The number of hydrogen-bond donors (Lipinski definition) is 0. The van der Waals surface area contributed by atoms with E-state index in [1.165, 1.54) is 52.7 Å². The molecule has 0 saturated heterocycles. The molecule has 0 heterocycles. The molecule has 0 aromatic rings. The summed E-state index contributed by atoms with van der Waals surface area (Å²) in [5, 5.41) is 0. The minimum Gasteiger partial charge on any atom is -0.312 e. The van der Waals surface area contributed by atoms with Crippen LogP contribution < -0.4 is 0 Å². The molecule has 120 valence electrons. The van der Waals surface area contributed by atoms with Crippen LogP contribution in [-0.2, 0) is 18.4 Å². The molecule has 0 aromatic carbocycles. The maximum atomic E-state index is 12.1. The summed E-state index contributed by atoms with van der Waals surface area (Å²) < 4.78 is 21.8. The summed E-state index contributed by atoms with van der Waals surface area (Å²) in [5.41, 5.74) is 0.411. The van der Waals surface area contributed by atoms with Gasteiger partial charge in [-0.05, 0) is 68.1 Å². The highest BCUT2D eigenvalue weighted by molar-refractivity contribution is 7.54. The van der Waals surface area contributed by atoms with E-state index in [4.69, 9.17) is 9.05 Å². The van der Waals surface area contributed by atoms with Crippen molar-refractivity contribution in [3.05, 3.63) is 0 Å². The van der Waals surface area contributed by atoms with Crippen molar-refractivity contribution in [1.82, 2.24) is 0 Å². The lowest BCUT2D eigenvalue weighted by Crippen LogP contribution is -2.46. The van der Waals surface area contributed by atoms with E-state index in [1.54, 1.807) is 0 Å². The van der Waals surface area contributed by atoms with Crippen molar-refractivity contribution in [3.63, 3.8) is 0 Å². The molecule has 4 aliphatic rings. The molecule has 4 bridgehead atoms. The quantitative estimate of drug-likeness (QED) is 0.666. The molecule has 4 saturated carbocycles. The van der Waals surface area contributed by atoms with Gasteiger partial charge in [-0.2, -0.15) is 0 Å². The van der Waals surface area contributed by atoms with Crippen LogP contribution in [0.2, 0.25) is 0 Å². The van der Waals surface area contributed by atoms with E-state index in [0.717, 1.165) is 24.2 Å². The lowest BCUT2D eigenvalue weighted by molar-refractivity contribution is -0.119. The van der Waals surface area contributed by atoms with Gasteiger partial charge in [0.15, 0.2) is 0 Å². The third-order valence-electron chi connectivity index (χ3n) is 6.03. The van der Waals surface area contributed by atoms with Crippen molar-refractivity contribution < 1.29 is 18.4 Å². The Balaban J connectivity index is 1.55. The van der Waals surface area contributed by atoms with Crippen molar-refractivity contribution >= 4 is 13.4 Å². The Hall–Kier alpha value is -0.180. The average molecular weight is 314 g/mol. The largest absolute Gasteiger partial charge is 0.337 e. The summed E-state index contributed by atoms with van der Waals surface area (Å²) in [7, 11) is -0.501. The Labute approximate surface area is 127 Å². The van der Waals surface area contributed by atoms with Crippen molar-refractivity contribution in [1.29, 1.82) is 0 Å². The smallest absolute Gasteiger partial charge is 0.312 e. The van der Waals surface area contributed by atoms with Crippen molar-refractivity contribution in [3.8, 4) is 0 Å². The van der Waals surface area contributed by atoms with Crippen LogP contribution in [0, 0.1) is 23.2 Å². The minimum absolute atomic E-state index is 0.0257. The van der Waals surface area contributed by atoms with E-state index >= 15 is 0 Å². The van der Waals surface area contributed by atoms with Crippen LogP contribution in [-0.4, -0.2) is 26.2 Å². The standard InChI is InChI=1S/C16H27O4P/c1-19-21(18,20-2)11-15(17)3-4-16-8-12-5-13(9-16)7-14(6-12)10-16/h12-14H,3-11H2,1-2H3. The second kappa shape index (κ2) is 5.79. The average Bonchev–Trinajstić information content (AvgIpc) is 2.44. The molecule has 0 aromatic heterocycles. The molecule has 0 spiro atoms. The van der Waals surface area contributed by atoms with Crippen LogP contribution in [0.3, 0.4) is 0 Å². The molecular formula is C16H27O4P. The molecule has 0 unspecified atom stereocenters. The number of carbonyl (C=O) groups excluding carboxylic acids is 1. The third-order valence-corrected chi connectivity index (χ3v) is 7.88. The van der Waals surface area contributed by atoms with Gasteiger partial charge in [0.1, 0.15) is 11.9 Å². The van der Waals surface area contributed by atoms with Crippen molar-refractivity contribution in [2.75, 3.05) is 20.4 Å². The van der Waals surface area contributed by atoms with Gasteiger partial charge in [-0.3, -0.25) is 9.36 Å². The Kier molecular flexibility index (Phi) is 4.33. The van der Waals surface area contributed by atoms with Gasteiger partial charge >= 0.3 is 7.60 Å². The molecule has 4 nitrogen and oxygen atoms in total. The Bertz CT molecular complexity index is 416. The van der Waals surface area contributed by atoms with Gasteiger partial charge in [0, 0.05) is 20.6 Å². The number of Topliss-reactive ketones (excluding diaryl/α,β-unsaturated/α-hetero) is 1. The zero-order valence-electron chi connectivity index (χ0n) is 13.2. The van der Waals surface area contributed by atoms with Gasteiger partial charge in [-0.25, -0.2) is 0 Å². The lowest BCUT2D eigenvalue weighted by Gasteiger charge is -2.57. The first kappa shape index (κ1) is 15.7. The molecule has 4 aliphatic carbocycles. The first-order valence-electron chi connectivity index (χ1n) is 8.18. The Morgan fingerprint density at radius 3 is 1.95 bits per heavy atom. The maximum absolute atomic E-state index is 12.1. The number of ketones is 1. The second-order valence-corrected chi connectivity index (χ2v) is 9.86. The van der Waals surface area contributed by atoms with Crippen LogP contribution in [0.15, 0.2) is 0 Å². The fourth-order valence-electron chi connectivity index (χ4n) is 5.50. The Morgan fingerprint density at radius 1 is 1.05 bits per heavy atom. The third kappa shape index (κ3) is 3.28. The SMILES string of the molecule is COP(=O)(CC(=O)CCC12CC3CC(CC(C3)C1)C2)OC. The Morgan fingerprint density at radius 2 is 1.52 bits per heavy atom. The van der Waals surface area contributed by atoms with Crippen LogP contribution in [0.5, 0.6) is 0 Å². The molecule has 21 heavy (non-hydrogen) atoms. The van der Waals surface area contributed by atoms with Crippen LogP contribution in [0.25, 0.3) is 0 Å². The highest BCUT2D eigenvalue weighted by atomic mass is 31.2. The molecule has 0 radical (unpaired) electrons. The predicted molar refractivity (Wildman–Crippen MR) is 81.3 cm³/mol. The molecule has 0 aliphatic heterocycles. The highest BCUT2D eigenvalue weighted by Gasteiger charge is 2.50. The zero-order chi connectivity index (χ0) is 15.1. The van der Waals surface area contributed by atoms with E-state index in [2.05, 4.69) is 0 Å². The zero-order valence-corrected chi connectivity index (χ0v) is 14.1. The first-order chi connectivity index (χ1) is 9.96. The van der Waals surface area contributed by atoms with E-state index < -0.39 is 7.60 Å². The van der Waals surface area contributed by atoms with Gasteiger partial charge in [0.25, 0.3) is 0 Å². The minimum atomic E-state index is -3.19. The van der Waals surface area contributed by atoms with Crippen LogP contribution in [0.1, 0.15) is 51.4 Å². The molecule has 4 rings (SSSR count). The summed E-state index contributed by atoms with van der Waals surface area (Å²) in [6.45, 7) is 0. The predicted octanol–water partition coefficient (Wildman–Crippen LogP) is 4.04. The molecule has 5 heteroatoms. The monoisotopic (exact) mass is 314 g/mol. The van der Waals surface area contributed by atoms with E-state index in [0.29, 0.717) is 11.8 Å². The topological polar surface area (TPSA) is 52.6 Å². The molecule has 0 atom stereocenters. The molecule has 4 fully saturated rings. The fourth-order valence-corrected chi connectivity index (χ4v) is 6.50. The van der Waals surface area contributed by atoms with Gasteiger partial charge < -0.3 is 9.05 Å². The van der Waals surface area contributed by atoms with Crippen LogP contribution >= 0.6 is 7.60 Å². The summed E-state index contributed by atoms with van der Waals surface area (Å²) in [5.74, 6) is 2.76. The van der Waals surface area contributed by atoms with E-state index in [-0.39, 0.29) is 11.9 Å². The van der Waals surface area contributed by atoms with Gasteiger partial charge in [0.05, 0.1) is 0 Å². The molecule has 0 N–H and O–H groups in total. The molecule has 0 amide bonds. The summed E-state index contributed by atoms with van der Waals surface area (Å²) >= 11 is 0. The van der Waals surface area contributed by atoms with Crippen molar-refractivity contribution in [2.45, 2.75) is 51.4 Å². The number of rotatable bonds is 7. The summed E-state index contributed by atoms with van der Waals surface area (Å²) in [6, 6.07) is 0. The highest BCUT2D eigenvalue weighted by Crippen LogP contribution is 2.61. The lowest BCUT2D eigenvalue weighted by atomic mass is 9.48. The normalized spacial score (nSPS) is 37.9. The summed E-state index contributed by atoms with van der Waals surface area (Å²) in [6.07, 6.45) is 9.66. The van der Waals surface area contributed by atoms with Gasteiger partial charge in [0.2, 0.25) is 0 Å². The maximum Gasteiger partial charge on any atom is 0.337 e. The van der Waals surface area contributed by atoms with Crippen molar-refractivity contribution in [2.24, 2.45) is 23.2 Å². The molecular weight excluding hydrogens is 287 g/mol. The first-order valence-corrected chi connectivity index (χ1v) is 9.91. The van der Waals surface area contributed by atoms with E-state index in [9.17, 15) is 9.36 Å².